The van der Waals surface area contributed by atoms with Crippen molar-refractivity contribution in [1.29, 1.82) is 0 Å². The van der Waals surface area contributed by atoms with Crippen molar-refractivity contribution in [3.8, 4) is 0 Å². The molecule has 8 nitrogen and oxygen atoms in total. The maximum absolute atomic E-state index is 12.4. The van der Waals surface area contributed by atoms with Gasteiger partial charge in [0.15, 0.2) is 11.4 Å². The van der Waals surface area contributed by atoms with Gasteiger partial charge in [0, 0.05) is 35.1 Å². The van der Waals surface area contributed by atoms with Crippen molar-refractivity contribution >= 4 is 40.0 Å². The standard InChI is InChI=1S/C23H21N5O3/c1-13-12-24-22(26-15-7-6-14-4-2-3-5-19(29)17(14)10-15)28-21(13)25-16-8-9-20-18(11-16)27-23(30)31-20/h6-12H,2-5H2,1H3,(H,27,30)(H2,24,25,26,28). The molecule has 156 valence electrons. The number of aromatic amines is 1. The van der Waals surface area contributed by atoms with Crippen LogP contribution < -0.4 is 16.4 Å². The van der Waals surface area contributed by atoms with Crippen molar-refractivity contribution in [2.24, 2.45) is 0 Å². The molecule has 0 bridgehead atoms. The number of carbonyl (C=O) groups is 1. The molecule has 0 saturated carbocycles. The van der Waals surface area contributed by atoms with Crippen LogP contribution in [0.3, 0.4) is 0 Å². The first kappa shape index (κ1) is 19.0. The summed E-state index contributed by atoms with van der Waals surface area (Å²) in [5, 5.41) is 6.46. The van der Waals surface area contributed by atoms with Crippen LogP contribution in [0.25, 0.3) is 11.1 Å². The van der Waals surface area contributed by atoms with E-state index < -0.39 is 5.76 Å². The lowest BCUT2D eigenvalue weighted by Crippen LogP contribution is -2.05. The van der Waals surface area contributed by atoms with E-state index >= 15 is 0 Å². The van der Waals surface area contributed by atoms with Crippen LogP contribution >= 0.6 is 0 Å². The number of oxazole rings is 1. The second-order valence-electron chi connectivity index (χ2n) is 7.70. The summed E-state index contributed by atoms with van der Waals surface area (Å²) in [4.78, 5) is 35.4. The van der Waals surface area contributed by atoms with Crippen molar-refractivity contribution in [1.82, 2.24) is 15.0 Å². The third-order valence-corrected chi connectivity index (χ3v) is 5.42. The first-order chi connectivity index (χ1) is 15.0. The molecule has 0 unspecified atom stereocenters. The molecular formula is C23H21N5O3. The van der Waals surface area contributed by atoms with Gasteiger partial charge in [0.2, 0.25) is 5.95 Å². The Morgan fingerprint density at radius 1 is 1.00 bits per heavy atom. The molecule has 8 heteroatoms. The molecule has 4 aromatic rings. The number of carbonyl (C=O) groups excluding carboxylic acids is 1. The van der Waals surface area contributed by atoms with E-state index in [1.165, 1.54) is 0 Å². The van der Waals surface area contributed by atoms with Crippen LogP contribution in [-0.2, 0) is 6.42 Å². The highest BCUT2D eigenvalue weighted by atomic mass is 16.4. The number of nitrogens with zero attached hydrogens (tertiary/aromatic N) is 2. The van der Waals surface area contributed by atoms with E-state index in [0.717, 1.165) is 47.3 Å². The molecular weight excluding hydrogens is 394 g/mol. The summed E-state index contributed by atoms with van der Waals surface area (Å²) >= 11 is 0. The zero-order valence-electron chi connectivity index (χ0n) is 17.0. The molecule has 0 spiro atoms. The zero-order chi connectivity index (χ0) is 21.4. The van der Waals surface area contributed by atoms with Gasteiger partial charge in [0.05, 0.1) is 5.52 Å². The minimum atomic E-state index is -0.490. The summed E-state index contributed by atoms with van der Waals surface area (Å²) in [5.74, 6) is 0.757. The molecule has 0 saturated heterocycles. The molecule has 3 N–H and O–H groups in total. The third kappa shape index (κ3) is 3.92. The van der Waals surface area contributed by atoms with E-state index in [1.54, 1.807) is 18.3 Å². The number of anilines is 4. The fourth-order valence-corrected chi connectivity index (χ4v) is 3.79. The topological polar surface area (TPSA) is 113 Å². The summed E-state index contributed by atoms with van der Waals surface area (Å²) in [6.45, 7) is 1.91. The van der Waals surface area contributed by atoms with Crippen LogP contribution in [-0.4, -0.2) is 20.7 Å². The molecule has 2 aromatic heterocycles. The number of aryl methyl sites for hydroxylation is 2. The highest BCUT2D eigenvalue weighted by Crippen LogP contribution is 2.26. The average molecular weight is 415 g/mol. The Labute approximate surface area is 177 Å². The number of hydrogen-bond acceptors (Lipinski definition) is 7. The Morgan fingerprint density at radius 3 is 2.71 bits per heavy atom. The number of nitrogens with one attached hydrogen (secondary N) is 3. The van der Waals surface area contributed by atoms with Gasteiger partial charge in [-0.25, -0.2) is 9.78 Å². The van der Waals surface area contributed by atoms with Gasteiger partial charge in [-0.2, -0.15) is 4.98 Å². The highest BCUT2D eigenvalue weighted by Gasteiger charge is 2.16. The smallest absolute Gasteiger partial charge is 0.408 e. The summed E-state index contributed by atoms with van der Waals surface area (Å²) < 4.78 is 5.04. The maximum atomic E-state index is 12.4. The van der Waals surface area contributed by atoms with E-state index in [0.29, 0.717) is 29.3 Å². The molecule has 1 aliphatic rings. The second kappa shape index (κ2) is 7.71. The fraction of sp³-hybridized carbons (Fsp3) is 0.217. The van der Waals surface area contributed by atoms with E-state index in [4.69, 9.17) is 4.42 Å². The summed E-state index contributed by atoms with van der Waals surface area (Å²) in [7, 11) is 0. The van der Waals surface area contributed by atoms with Crippen molar-refractivity contribution < 1.29 is 9.21 Å². The number of ketones is 1. The molecule has 0 radical (unpaired) electrons. The number of benzene rings is 2. The van der Waals surface area contributed by atoms with Gasteiger partial charge in [0.25, 0.3) is 0 Å². The molecule has 2 heterocycles. The van der Waals surface area contributed by atoms with E-state index in [9.17, 15) is 9.59 Å². The van der Waals surface area contributed by atoms with Crippen molar-refractivity contribution in [3.05, 3.63) is 69.8 Å². The van der Waals surface area contributed by atoms with Gasteiger partial charge in [-0.3, -0.25) is 9.78 Å². The summed E-state index contributed by atoms with van der Waals surface area (Å²) in [6, 6.07) is 11.2. The molecule has 5 rings (SSSR count). The van der Waals surface area contributed by atoms with Crippen LogP contribution in [0, 0.1) is 6.92 Å². The van der Waals surface area contributed by atoms with Crippen LogP contribution in [0.1, 0.15) is 40.7 Å². The Kier molecular flexibility index (Phi) is 4.74. The lowest BCUT2D eigenvalue weighted by molar-refractivity contribution is 0.0982. The van der Waals surface area contributed by atoms with Crippen LogP contribution in [0.15, 0.2) is 51.8 Å². The van der Waals surface area contributed by atoms with E-state index in [-0.39, 0.29) is 5.78 Å². The van der Waals surface area contributed by atoms with Gasteiger partial charge < -0.3 is 15.1 Å². The number of H-pyrrole nitrogens is 1. The minimum Gasteiger partial charge on any atom is -0.408 e. The Hall–Kier alpha value is -3.94. The zero-order valence-corrected chi connectivity index (χ0v) is 17.0. The second-order valence-corrected chi connectivity index (χ2v) is 7.70. The molecule has 0 amide bonds. The predicted molar refractivity (Wildman–Crippen MR) is 118 cm³/mol. The normalized spacial score (nSPS) is 13.6. The Bertz CT molecular complexity index is 1360. The first-order valence-corrected chi connectivity index (χ1v) is 10.2. The Balaban J connectivity index is 1.40. The summed E-state index contributed by atoms with van der Waals surface area (Å²) in [6.07, 6.45) is 5.23. The molecule has 1 aliphatic carbocycles. The fourth-order valence-electron chi connectivity index (χ4n) is 3.79. The largest absolute Gasteiger partial charge is 0.417 e. The van der Waals surface area contributed by atoms with Gasteiger partial charge in [0.1, 0.15) is 5.82 Å². The number of Topliss-reactive ketones (excluding diaryl/α,β-unsaturated/α-hetero) is 1. The number of hydrogen-bond donors (Lipinski definition) is 3. The quantitative estimate of drug-likeness (QED) is 0.417. The maximum Gasteiger partial charge on any atom is 0.417 e. The predicted octanol–water partition coefficient (Wildman–Crippen LogP) is 4.62. The summed E-state index contributed by atoms with van der Waals surface area (Å²) in [5.41, 5.74) is 5.39. The van der Waals surface area contributed by atoms with Crippen LogP contribution in [0.2, 0.25) is 0 Å². The van der Waals surface area contributed by atoms with Gasteiger partial charge in [-0.05, 0) is 62.1 Å². The number of fused-ring (bicyclic) bond motifs is 2. The van der Waals surface area contributed by atoms with Crippen molar-refractivity contribution in [2.75, 3.05) is 10.6 Å². The van der Waals surface area contributed by atoms with Crippen molar-refractivity contribution in [3.63, 3.8) is 0 Å². The van der Waals surface area contributed by atoms with Crippen molar-refractivity contribution in [2.45, 2.75) is 32.6 Å². The van der Waals surface area contributed by atoms with Gasteiger partial charge >= 0.3 is 5.76 Å². The first-order valence-electron chi connectivity index (χ1n) is 10.2. The van der Waals surface area contributed by atoms with Crippen LogP contribution in [0.5, 0.6) is 0 Å². The van der Waals surface area contributed by atoms with E-state index in [2.05, 4.69) is 25.6 Å². The van der Waals surface area contributed by atoms with Gasteiger partial charge in [-0.15, -0.1) is 0 Å². The van der Waals surface area contributed by atoms with Crippen LogP contribution in [0.4, 0.5) is 23.1 Å². The third-order valence-electron chi connectivity index (χ3n) is 5.42. The molecule has 2 aromatic carbocycles. The average Bonchev–Trinajstić information content (AvgIpc) is 3.03. The van der Waals surface area contributed by atoms with Gasteiger partial charge in [-0.1, -0.05) is 6.07 Å². The SMILES string of the molecule is Cc1cnc(Nc2ccc3c(c2)C(=O)CCCC3)nc1Nc1ccc2oc(=O)[nH]c2c1. The molecule has 31 heavy (non-hydrogen) atoms. The highest BCUT2D eigenvalue weighted by molar-refractivity contribution is 5.98. The molecule has 0 atom stereocenters. The lowest BCUT2D eigenvalue weighted by Gasteiger charge is -2.12. The molecule has 0 fully saturated rings. The minimum absolute atomic E-state index is 0.191. The monoisotopic (exact) mass is 415 g/mol. The lowest BCUT2D eigenvalue weighted by atomic mass is 10.0. The van der Waals surface area contributed by atoms with E-state index in [1.807, 2.05) is 31.2 Å². The number of aromatic nitrogens is 3. The number of rotatable bonds is 4. The Morgan fingerprint density at radius 2 is 1.81 bits per heavy atom. The molecule has 0 aliphatic heterocycles.